The molecule has 5 N–H and O–H groups in total. The van der Waals surface area contributed by atoms with Crippen molar-refractivity contribution in [3.8, 4) is 0 Å². The number of hydrogen-bond donors (Lipinski definition) is 5. The third-order valence-corrected chi connectivity index (χ3v) is 3.94. The molecule has 22 heavy (non-hydrogen) atoms. The van der Waals surface area contributed by atoms with Crippen molar-refractivity contribution >= 4 is 5.97 Å². The molecule has 0 saturated carbocycles. The lowest BCUT2D eigenvalue weighted by Gasteiger charge is -2.42. The standard InChI is InChI=1S/C13H24O9/c1-4-13(19,12(18)20-3)6(2)21-11-10(17)9(16)8(15)7(5-14)22-11/h6-11,14-17,19H,4-5H2,1-3H3. The Morgan fingerprint density at radius 2 is 1.86 bits per heavy atom. The fourth-order valence-corrected chi connectivity index (χ4v) is 2.27. The molecule has 0 bridgehead atoms. The summed E-state index contributed by atoms with van der Waals surface area (Å²) in [6.45, 7) is 2.32. The van der Waals surface area contributed by atoms with Crippen LogP contribution in [0.1, 0.15) is 20.3 Å². The highest BCUT2D eigenvalue weighted by Gasteiger charge is 2.48. The van der Waals surface area contributed by atoms with Crippen molar-refractivity contribution in [1.82, 2.24) is 0 Å². The highest BCUT2D eigenvalue weighted by atomic mass is 16.7. The minimum absolute atomic E-state index is 0.0156. The molecule has 1 saturated heterocycles. The summed E-state index contributed by atoms with van der Waals surface area (Å²) >= 11 is 0. The second kappa shape index (κ2) is 7.64. The Bertz CT molecular complexity index is 375. The number of esters is 1. The quantitative estimate of drug-likeness (QED) is 0.335. The van der Waals surface area contributed by atoms with E-state index in [1.807, 2.05) is 0 Å². The molecule has 0 amide bonds. The molecule has 1 aliphatic rings. The molecule has 1 rings (SSSR count). The molecule has 0 aromatic heterocycles. The van der Waals surface area contributed by atoms with Gasteiger partial charge in [-0.2, -0.15) is 0 Å². The summed E-state index contributed by atoms with van der Waals surface area (Å²) in [5.74, 6) is -0.910. The van der Waals surface area contributed by atoms with Crippen LogP contribution in [0.15, 0.2) is 0 Å². The highest BCUT2D eigenvalue weighted by Crippen LogP contribution is 2.27. The second-order valence-electron chi connectivity index (χ2n) is 5.24. The lowest BCUT2D eigenvalue weighted by Crippen LogP contribution is -2.61. The fraction of sp³-hybridized carbons (Fsp3) is 0.923. The van der Waals surface area contributed by atoms with Crippen LogP contribution in [0.2, 0.25) is 0 Å². The van der Waals surface area contributed by atoms with E-state index in [9.17, 15) is 25.2 Å². The van der Waals surface area contributed by atoms with Gasteiger partial charge in [-0.15, -0.1) is 0 Å². The van der Waals surface area contributed by atoms with Gasteiger partial charge >= 0.3 is 5.97 Å². The Morgan fingerprint density at radius 3 is 2.32 bits per heavy atom. The van der Waals surface area contributed by atoms with Crippen molar-refractivity contribution in [2.45, 2.75) is 62.7 Å². The van der Waals surface area contributed by atoms with Gasteiger partial charge in [0.2, 0.25) is 0 Å². The van der Waals surface area contributed by atoms with Crippen LogP contribution < -0.4 is 0 Å². The maximum absolute atomic E-state index is 11.7. The largest absolute Gasteiger partial charge is 0.467 e. The number of ether oxygens (including phenoxy) is 3. The maximum atomic E-state index is 11.7. The molecule has 0 spiro atoms. The topological polar surface area (TPSA) is 146 Å². The molecular formula is C13H24O9. The van der Waals surface area contributed by atoms with Crippen LogP contribution in [0, 0.1) is 0 Å². The molecule has 9 heteroatoms. The summed E-state index contributed by atoms with van der Waals surface area (Å²) in [6, 6.07) is 0. The van der Waals surface area contributed by atoms with Crippen molar-refractivity contribution in [3.05, 3.63) is 0 Å². The molecule has 1 fully saturated rings. The molecular weight excluding hydrogens is 300 g/mol. The minimum atomic E-state index is -1.96. The van der Waals surface area contributed by atoms with E-state index in [-0.39, 0.29) is 6.42 Å². The van der Waals surface area contributed by atoms with Crippen molar-refractivity contribution in [2.24, 2.45) is 0 Å². The zero-order valence-corrected chi connectivity index (χ0v) is 12.7. The first kappa shape index (κ1) is 19.2. The van der Waals surface area contributed by atoms with Gasteiger partial charge in [0, 0.05) is 0 Å². The molecule has 0 radical (unpaired) electrons. The molecule has 0 aliphatic carbocycles. The van der Waals surface area contributed by atoms with E-state index in [2.05, 4.69) is 4.74 Å². The van der Waals surface area contributed by atoms with Crippen molar-refractivity contribution in [3.63, 3.8) is 0 Å². The van der Waals surface area contributed by atoms with E-state index >= 15 is 0 Å². The number of aliphatic hydroxyl groups is 5. The van der Waals surface area contributed by atoms with Crippen molar-refractivity contribution < 1.29 is 44.5 Å². The van der Waals surface area contributed by atoms with Crippen LogP contribution in [-0.2, 0) is 19.0 Å². The average molecular weight is 324 g/mol. The van der Waals surface area contributed by atoms with Gasteiger partial charge in [0.05, 0.1) is 19.8 Å². The number of carbonyl (C=O) groups excluding carboxylic acids is 1. The van der Waals surface area contributed by atoms with Crippen LogP contribution in [0.25, 0.3) is 0 Å². The Hall–Kier alpha value is -0.810. The molecule has 9 nitrogen and oxygen atoms in total. The van der Waals surface area contributed by atoms with E-state index in [4.69, 9.17) is 14.6 Å². The first-order valence-corrected chi connectivity index (χ1v) is 6.99. The highest BCUT2D eigenvalue weighted by molar-refractivity contribution is 5.79. The molecule has 0 aromatic carbocycles. The third kappa shape index (κ3) is 3.57. The van der Waals surface area contributed by atoms with Crippen LogP contribution in [0.4, 0.5) is 0 Å². The smallest absolute Gasteiger partial charge is 0.340 e. The Labute approximate surface area is 128 Å². The molecule has 0 aromatic rings. The number of methoxy groups -OCH3 is 1. The van der Waals surface area contributed by atoms with E-state index in [0.717, 1.165) is 7.11 Å². The minimum Gasteiger partial charge on any atom is -0.467 e. The van der Waals surface area contributed by atoms with Gasteiger partial charge in [-0.3, -0.25) is 0 Å². The van der Waals surface area contributed by atoms with Gasteiger partial charge < -0.3 is 39.7 Å². The Kier molecular flexibility index (Phi) is 6.68. The van der Waals surface area contributed by atoms with Crippen LogP contribution in [0.3, 0.4) is 0 Å². The van der Waals surface area contributed by atoms with Gasteiger partial charge in [0.1, 0.15) is 24.4 Å². The summed E-state index contributed by atoms with van der Waals surface area (Å²) in [7, 11) is 1.11. The molecule has 1 heterocycles. The first-order chi connectivity index (χ1) is 10.2. The second-order valence-corrected chi connectivity index (χ2v) is 5.24. The average Bonchev–Trinajstić information content (AvgIpc) is 2.53. The SMILES string of the molecule is CCC(O)(C(=O)OC)C(C)OC1OC(CO)C(O)C(O)C1O. The van der Waals surface area contributed by atoms with Gasteiger partial charge in [-0.1, -0.05) is 6.92 Å². The van der Waals surface area contributed by atoms with E-state index in [1.54, 1.807) is 6.92 Å². The zero-order chi connectivity index (χ0) is 17.1. The molecule has 1 aliphatic heterocycles. The fourth-order valence-electron chi connectivity index (χ4n) is 2.27. The summed E-state index contributed by atoms with van der Waals surface area (Å²) in [4.78, 5) is 11.7. The van der Waals surface area contributed by atoms with Crippen molar-refractivity contribution in [2.75, 3.05) is 13.7 Å². The molecule has 7 atom stereocenters. The van der Waals surface area contributed by atoms with E-state index < -0.39 is 55.0 Å². The van der Waals surface area contributed by atoms with Gasteiger partial charge in [-0.25, -0.2) is 4.79 Å². The number of hydrogen-bond acceptors (Lipinski definition) is 9. The van der Waals surface area contributed by atoms with E-state index in [0.29, 0.717) is 0 Å². The van der Waals surface area contributed by atoms with Crippen LogP contribution in [0.5, 0.6) is 0 Å². The Morgan fingerprint density at radius 1 is 1.27 bits per heavy atom. The maximum Gasteiger partial charge on any atom is 0.340 e. The lowest BCUT2D eigenvalue weighted by atomic mass is 9.94. The normalized spacial score (nSPS) is 36.5. The van der Waals surface area contributed by atoms with Gasteiger partial charge in [0.15, 0.2) is 11.9 Å². The van der Waals surface area contributed by atoms with Crippen molar-refractivity contribution in [1.29, 1.82) is 0 Å². The van der Waals surface area contributed by atoms with Crippen LogP contribution in [-0.4, -0.2) is 87.6 Å². The predicted octanol–water partition coefficient (Wildman–Crippen LogP) is -2.49. The number of rotatable bonds is 6. The summed E-state index contributed by atoms with van der Waals surface area (Å²) in [5, 5.41) is 48.6. The number of carbonyl (C=O) groups is 1. The van der Waals surface area contributed by atoms with Crippen LogP contribution >= 0.6 is 0 Å². The monoisotopic (exact) mass is 324 g/mol. The Balaban J connectivity index is 2.85. The zero-order valence-electron chi connectivity index (χ0n) is 12.7. The summed E-state index contributed by atoms with van der Waals surface area (Å²) in [6.07, 6.45) is -8.45. The number of aliphatic hydroxyl groups excluding tert-OH is 4. The lowest BCUT2D eigenvalue weighted by molar-refractivity contribution is -0.320. The third-order valence-electron chi connectivity index (χ3n) is 3.94. The summed E-state index contributed by atoms with van der Waals surface area (Å²) in [5.41, 5.74) is -1.96. The van der Waals surface area contributed by atoms with Gasteiger partial charge in [0.25, 0.3) is 0 Å². The molecule has 7 unspecified atom stereocenters. The first-order valence-electron chi connectivity index (χ1n) is 6.99. The predicted molar refractivity (Wildman–Crippen MR) is 71.6 cm³/mol. The van der Waals surface area contributed by atoms with Gasteiger partial charge in [-0.05, 0) is 13.3 Å². The van der Waals surface area contributed by atoms with E-state index in [1.165, 1.54) is 6.92 Å². The summed E-state index contributed by atoms with van der Waals surface area (Å²) < 4.78 is 15.0. The molecule has 130 valence electrons.